The van der Waals surface area contributed by atoms with E-state index in [2.05, 4.69) is 4.74 Å². The molecule has 3 atom stereocenters. The summed E-state index contributed by atoms with van der Waals surface area (Å²) in [5.74, 6) is -1.77. The fraction of sp³-hybridized carbons (Fsp3) is 0.800. The minimum absolute atomic E-state index is 0.145. The SMILES string of the molecule is CC(CC(C)(C)C)C(=O)OC(C=C1OCCC1O)C(F)(F)F. The van der Waals surface area contributed by atoms with Gasteiger partial charge in [-0.1, -0.05) is 27.7 Å². The first kappa shape index (κ1) is 18.8. The molecule has 1 aliphatic heterocycles. The van der Waals surface area contributed by atoms with Gasteiger partial charge in [0.05, 0.1) is 12.5 Å². The predicted molar refractivity (Wildman–Crippen MR) is 73.8 cm³/mol. The zero-order chi connectivity index (χ0) is 17.1. The third kappa shape index (κ3) is 5.87. The summed E-state index contributed by atoms with van der Waals surface area (Å²) >= 11 is 0. The van der Waals surface area contributed by atoms with Crippen molar-refractivity contribution in [3.63, 3.8) is 0 Å². The Morgan fingerprint density at radius 2 is 2.05 bits per heavy atom. The number of esters is 1. The van der Waals surface area contributed by atoms with Crippen LogP contribution < -0.4 is 0 Å². The Bertz CT molecular complexity index is 423. The predicted octanol–water partition coefficient (Wildman–Crippen LogP) is 3.20. The molecule has 1 heterocycles. The van der Waals surface area contributed by atoms with Crippen molar-refractivity contribution in [3.05, 3.63) is 11.8 Å². The average molecular weight is 324 g/mol. The van der Waals surface area contributed by atoms with Gasteiger partial charge in [0.1, 0.15) is 11.9 Å². The van der Waals surface area contributed by atoms with Crippen LogP contribution in [0.4, 0.5) is 13.2 Å². The van der Waals surface area contributed by atoms with Gasteiger partial charge in [-0.05, 0) is 11.8 Å². The molecule has 0 amide bonds. The number of carbonyl (C=O) groups excluding carboxylic acids is 1. The fourth-order valence-corrected chi connectivity index (χ4v) is 2.27. The lowest BCUT2D eigenvalue weighted by Gasteiger charge is -2.24. The first-order valence-corrected chi connectivity index (χ1v) is 7.20. The van der Waals surface area contributed by atoms with Crippen LogP contribution in [-0.2, 0) is 14.3 Å². The van der Waals surface area contributed by atoms with Crippen molar-refractivity contribution in [3.8, 4) is 0 Å². The van der Waals surface area contributed by atoms with E-state index in [-0.39, 0.29) is 24.2 Å². The zero-order valence-corrected chi connectivity index (χ0v) is 13.2. The quantitative estimate of drug-likeness (QED) is 0.807. The highest BCUT2D eigenvalue weighted by molar-refractivity contribution is 5.72. The Morgan fingerprint density at radius 3 is 2.45 bits per heavy atom. The summed E-state index contributed by atoms with van der Waals surface area (Å²) in [5, 5.41) is 9.50. The number of carbonyl (C=O) groups is 1. The number of aliphatic hydroxyl groups excluding tert-OH is 1. The van der Waals surface area contributed by atoms with Crippen molar-refractivity contribution in [2.75, 3.05) is 6.61 Å². The molecule has 4 nitrogen and oxygen atoms in total. The summed E-state index contributed by atoms with van der Waals surface area (Å²) in [6, 6.07) is 0. The maximum absolute atomic E-state index is 13.0. The number of hydrogen-bond donors (Lipinski definition) is 1. The molecule has 1 fully saturated rings. The molecule has 7 heteroatoms. The summed E-state index contributed by atoms with van der Waals surface area (Å²) < 4.78 is 48.5. The second-order valence-corrected chi connectivity index (χ2v) is 6.79. The highest BCUT2D eigenvalue weighted by Crippen LogP contribution is 2.30. The van der Waals surface area contributed by atoms with E-state index in [0.717, 1.165) is 0 Å². The molecular weight excluding hydrogens is 301 g/mol. The van der Waals surface area contributed by atoms with E-state index in [4.69, 9.17) is 4.74 Å². The van der Waals surface area contributed by atoms with Crippen LogP contribution in [0.5, 0.6) is 0 Å². The Kier molecular flexibility index (Phi) is 5.89. The van der Waals surface area contributed by atoms with Crippen molar-refractivity contribution >= 4 is 5.97 Å². The number of aliphatic hydroxyl groups is 1. The number of ether oxygens (including phenoxy) is 2. The van der Waals surface area contributed by atoms with Gasteiger partial charge in [-0.25, -0.2) is 0 Å². The smallest absolute Gasteiger partial charge is 0.429 e. The molecule has 128 valence electrons. The van der Waals surface area contributed by atoms with E-state index in [0.29, 0.717) is 12.5 Å². The van der Waals surface area contributed by atoms with Crippen molar-refractivity contribution in [1.29, 1.82) is 0 Å². The van der Waals surface area contributed by atoms with Crippen molar-refractivity contribution in [2.24, 2.45) is 11.3 Å². The third-order valence-corrected chi connectivity index (χ3v) is 3.19. The molecule has 0 aromatic heterocycles. The largest absolute Gasteiger partial charge is 0.495 e. The van der Waals surface area contributed by atoms with Crippen LogP contribution in [0.1, 0.15) is 40.5 Å². The van der Waals surface area contributed by atoms with Gasteiger partial charge in [0.2, 0.25) is 6.10 Å². The van der Waals surface area contributed by atoms with E-state index >= 15 is 0 Å². The van der Waals surface area contributed by atoms with Crippen molar-refractivity contribution in [1.82, 2.24) is 0 Å². The van der Waals surface area contributed by atoms with Gasteiger partial charge in [0, 0.05) is 12.5 Å². The molecular formula is C15H23F3O4. The maximum Gasteiger partial charge on any atom is 0.429 e. The van der Waals surface area contributed by atoms with Crippen LogP contribution in [0.3, 0.4) is 0 Å². The molecule has 1 rings (SSSR count). The summed E-state index contributed by atoms with van der Waals surface area (Å²) in [7, 11) is 0. The number of alkyl halides is 3. The molecule has 22 heavy (non-hydrogen) atoms. The minimum Gasteiger partial charge on any atom is -0.495 e. The zero-order valence-electron chi connectivity index (χ0n) is 13.2. The molecule has 0 radical (unpaired) electrons. The Hall–Kier alpha value is -1.24. The molecule has 1 aliphatic rings. The maximum atomic E-state index is 13.0. The minimum atomic E-state index is -4.75. The van der Waals surface area contributed by atoms with Gasteiger partial charge in [-0.2, -0.15) is 13.2 Å². The van der Waals surface area contributed by atoms with E-state index in [1.165, 1.54) is 6.92 Å². The molecule has 0 aromatic rings. The molecule has 0 bridgehead atoms. The molecule has 0 aliphatic carbocycles. The normalized spacial score (nSPS) is 24.0. The molecule has 1 saturated heterocycles. The second-order valence-electron chi connectivity index (χ2n) is 6.79. The molecule has 0 aromatic carbocycles. The van der Waals surface area contributed by atoms with Crippen molar-refractivity contribution in [2.45, 2.75) is 58.9 Å². The molecule has 0 spiro atoms. The van der Waals surface area contributed by atoms with Crippen LogP contribution >= 0.6 is 0 Å². The van der Waals surface area contributed by atoms with Crippen LogP contribution in [0.25, 0.3) is 0 Å². The fourth-order valence-electron chi connectivity index (χ4n) is 2.27. The molecule has 1 N–H and O–H groups in total. The molecule has 0 saturated carbocycles. The van der Waals surface area contributed by atoms with Gasteiger partial charge < -0.3 is 14.6 Å². The van der Waals surface area contributed by atoms with E-state index in [1.54, 1.807) is 0 Å². The lowest BCUT2D eigenvalue weighted by Crippen LogP contribution is -2.35. The topological polar surface area (TPSA) is 55.8 Å². The number of rotatable bonds is 4. The highest BCUT2D eigenvalue weighted by Gasteiger charge is 2.43. The van der Waals surface area contributed by atoms with E-state index < -0.39 is 30.3 Å². The average Bonchev–Trinajstić information content (AvgIpc) is 2.70. The van der Waals surface area contributed by atoms with E-state index in [9.17, 15) is 23.1 Å². The van der Waals surface area contributed by atoms with Crippen LogP contribution in [-0.4, -0.2) is 36.1 Å². The van der Waals surface area contributed by atoms with Gasteiger partial charge in [-0.3, -0.25) is 4.79 Å². The number of hydrogen-bond acceptors (Lipinski definition) is 4. The van der Waals surface area contributed by atoms with Gasteiger partial charge >= 0.3 is 12.1 Å². The van der Waals surface area contributed by atoms with Crippen LogP contribution in [0, 0.1) is 11.3 Å². The number of halogens is 3. The standard InChI is InChI=1S/C15H23F3O4/c1-9(8-14(2,3)4)13(20)22-12(15(16,17)18)7-11-10(19)5-6-21-11/h7,9-10,12,19H,5-6,8H2,1-4H3. The Balaban J connectivity index is 2.80. The van der Waals surface area contributed by atoms with Crippen molar-refractivity contribution < 1.29 is 32.5 Å². The summed E-state index contributed by atoms with van der Waals surface area (Å²) in [5.41, 5.74) is -0.199. The molecule has 3 unspecified atom stereocenters. The van der Waals surface area contributed by atoms with Gasteiger partial charge in [0.25, 0.3) is 0 Å². The van der Waals surface area contributed by atoms with E-state index in [1.807, 2.05) is 20.8 Å². The van der Waals surface area contributed by atoms with Gasteiger partial charge in [-0.15, -0.1) is 0 Å². The summed E-state index contributed by atoms with van der Waals surface area (Å²) in [6.07, 6.45) is -6.98. The lowest BCUT2D eigenvalue weighted by atomic mass is 9.85. The van der Waals surface area contributed by atoms with Crippen LogP contribution in [0.15, 0.2) is 11.8 Å². The highest BCUT2D eigenvalue weighted by atomic mass is 19.4. The third-order valence-electron chi connectivity index (χ3n) is 3.19. The first-order valence-electron chi connectivity index (χ1n) is 7.20. The Morgan fingerprint density at radius 1 is 1.45 bits per heavy atom. The van der Waals surface area contributed by atoms with Crippen LogP contribution in [0.2, 0.25) is 0 Å². The van der Waals surface area contributed by atoms with Gasteiger partial charge in [0.15, 0.2) is 0 Å². The first-order chi connectivity index (χ1) is 9.90. The summed E-state index contributed by atoms with van der Waals surface area (Å²) in [4.78, 5) is 11.9. The second kappa shape index (κ2) is 6.89. The lowest BCUT2D eigenvalue weighted by molar-refractivity contribution is -0.211. The monoisotopic (exact) mass is 324 g/mol. The summed E-state index contributed by atoms with van der Waals surface area (Å²) in [6.45, 7) is 7.36. The Labute approximate surface area is 128 Å².